The number of hydrogen-bond donors (Lipinski definition) is 1. The summed E-state index contributed by atoms with van der Waals surface area (Å²) >= 11 is 0. The Balaban J connectivity index is 0.00000112. The third-order valence-electron chi connectivity index (χ3n) is 2.19. The van der Waals surface area contributed by atoms with Gasteiger partial charge in [-0.1, -0.05) is 7.43 Å². The van der Waals surface area contributed by atoms with Crippen LogP contribution >= 0.6 is 0 Å². The van der Waals surface area contributed by atoms with Gasteiger partial charge in [0.2, 0.25) is 5.91 Å². The van der Waals surface area contributed by atoms with Crippen LogP contribution in [-0.2, 0) is 4.79 Å². The Bertz CT molecular complexity index is 367. The van der Waals surface area contributed by atoms with E-state index in [0.717, 1.165) is 0 Å². The molecule has 1 aliphatic rings. The lowest BCUT2D eigenvalue weighted by atomic mass is 10.3. The van der Waals surface area contributed by atoms with Crippen molar-refractivity contribution in [2.24, 2.45) is 5.73 Å². The number of pyridine rings is 1. The van der Waals surface area contributed by atoms with Gasteiger partial charge in [-0.15, -0.1) is 0 Å². The van der Waals surface area contributed by atoms with Crippen LogP contribution in [0.15, 0.2) is 18.5 Å². The van der Waals surface area contributed by atoms with Crippen LogP contribution in [0.4, 0.5) is 5.69 Å². The summed E-state index contributed by atoms with van der Waals surface area (Å²) in [6, 6.07) is 1.12. The van der Waals surface area contributed by atoms with Crippen molar-refractivity contribution >= 4 is 11.6 Å². The summed E-state index contributed by atoms with van der Waals surface area (Å²) in [5.74, 6) is 0.450. The van der Waals surface area contributed by atoms with E-state index in [4.69, 9.17) is 10.5 Å². The number of aromatic nitrogens is 1. The van der Waals surface area contributed by atoms with Gasteiger partial charge in [0.25, 0.3) is 0 Å². The van der Waals surface area contributed by atoms with Crippen LogP contribution < -0.4 is 15.4 Å². The highest BCUT2D eigenvalue weighted by molar-refractivity contribution is 5.98. The van der Waals surface area contributed by atoms with Crippen LogP contribution in [0.1, 0.15) is 7.43 Å². The first-order valence-corrected chi connectivity index (χ1v) is 4.30. The van der Waals surface area contributed by atoms with Gasteiger partial charge >= 0.3 is 0 Å². The minimum Gasteiger partial charge on any atom is -0.488 e. The van der Waals surface area contributed by atoms with Gasteiger partial charge in [0.15, 0.2) is 5.75 Å². The Morgan fingerprint density at radius 3 is 3.13 bits per heavy atom. The van der Waals surface area contributed by atoms with E-state index in [-0.39, 0.29) is 19.9 Å². The van der Waals surface area contributed by atoms with Crippen molar-refractivity contribution in [3.8, 4) is 5.75 Å². The summed E-state index contributed by atoms with van der Waals surface area (Å²) < 4.78 is 5.35. The van der Waals surface area contributed by atoms with Gasteiger partial charge in [-0.05, 0) is 6.07 Å². The Morgan fingerprint density at radius 1 is 1.67 bits per heavy atom. The van der Waals surface area contributed by atoms with Gasteiger partial charge in [-0.2, -0.15) is 0 Å². The summed E-state index contributed by atoms with van der Waals surface area (Å²) in [5.41, 5.74) is 6.32. The van der Waals surface area contributed by atoms with E-state index in [0.29, 0.717) is 11.4 Å². The second-order valence-corrected chi connectivity index (χ2v) is 3.16. The first-order valence-electron chi connectivity index (χ1n) is 4.30. The molecule has 0 fully saturated rings. The quantitative estimate of drug-likeness (QED) is 0.671. The molecule has 2 N–H and O–H groups in total. The zero-order valence-electron chi connectivity index (χ0n) is 7.80. The third-order valence-corrected chi connectivity index (χ3v) is 2.19. The highest BCUT2D eigenvalue weighted by atomic mass is 16.5. The Morgan fingerprint density at radius 2 is 2.40 bits per heavy atom. The largest absolute Gasteiger partial charge is 0.488 e. The number of nitrogens with zero attached hydrogens (tertiary/aromatic N) is 2. The average Bonchev–Trinajstić information content (AvgIpc) is 2.32. The van der Waals surface area contributed by atoms with Gasteiger partial charge in [-0.25, -0.2) is 0 Å². The number of rotatable bonds is 0. The smallest absolute Gasteiger partial charge is 0.247 e. The number of hydrogen-bond acceptors (Lipinski definition) is 4. The number of anilines is 1. The van der Waals surface area contributed by atoms with Crippen LogP contribution in [-0.4, -0.2) is 30.6 Å². The minimum atomic E-state index is -0.604. The van der Waals surface area contributed by atoms with Gasteiger partial charge < -0.3 is 15.4 Å². The molecule has 2 heterocycles. The van der Waals surface area contributed by atoms with E-state index in [1.165, 1.54) is 4.90 Å². The minimum absolute atomic E-state index is 0. The van der Waals surface area contributed by atoms with Crippen molar-refractivity contribution in [3.63, 3.8) is 0 Å². The van der Waals surface area contributed by atoms with E-state index < -0.39 is 6.04 Å². The van der Waals surface area contributed by atoms with Crippen molar-refractivity contribution in [2.75, 3.05) is 18.6 Å². The second-order valence-electron chi connectivity index (χ2n) is 3.16. The predicted octanol–water partition coefficient (Wildman–Crippen LogP) is 0.400. The molecule has 1 aromatic rings. The number of carbonyl (C=O) groups is 1. The molecular formula is C10H15N3O2. The molecule has 0 saturated heterocycles. The van der Waals surface area contributed by atoms with Crippen molar-refractivity contribution < 1.29 is 9.53 Å². The van der Waals surface area contributed by atoms with Gasteiger partial charge in [0.1, 0.15) is 12.6 Å². The molecule has 1 aromatic heterocycles. The molecule has 1 aliphatic heterocycles. The molecule has 0 aliphatic carbocycles. The Hall–Kier alpha value is -1.62. The van der Waals surface area contributed by atoms with E-state index in [1.807, 2.05) is 0 Å². The maximum Gasteiger partial charge on any atom is 0.247 e. The number of nitrogens with two attached hydrogens (primary N) is 1. The molecular weight excluding hydrogens is 194 g/mol. The highest BCUT2D eigenvalue weighted by Gasteiger charge is 2.26. The predicted molar refractivity (Wildman–Crippen MR) is 57.8 cm³/mol. The first-order chi connectivity index (χ1) is 6.70. The number of ether oxygens (including phenoxy) is 1. The van der Waals surface area contributed by atoms with Crippen LogP contribution in [0.3, 0.4) is 0 Å². The standard InChI is InChI=1S/C9H11N3O2.CH4/c1-12-7-2-3-11-4-8(7)14-5-6(10)9(12)13;/h2-4,6H,5,10H2,1H3;1H4/t6-;/m0./s1. The lowest BCUT2D eigenvalue weighted by molar-refractivity contribution is -0.119. The topological polar surface area (TPSA) is 68.5 Å². The molecule has 15 heavy (non-hydrogen) atoms. The molecule has 1 amide bonds. The normalized spacial score (nSPS) is 19.7. The number of likely N-dealkylation sites (N-methyl/N-ethyl adjacent to an activating group) is 1. The number of amides is 1. The molecule has 0 radical (unpaired) electrons. The Labute approximate surface area is 88.9 Å². The molecule has 1 atom stereocenters. The van der Waals surface area contributed by atoms with E-state index >= 15 is 0 Å². The molecule has 0 spiro atoms. The fraction of sp³-hybridized carbons (Fsp3) is 0.400. The molecule has 82 valence electrons. The highest BCUT2D eigenvalue weighted by Crippen LogP contribution is 2.28. The van der Waals surface area contributed by atoms with Crippen LogP contribution in [0, 0.1) is 0 Å². The summed E-state index contributed by atoms with van der Waals surface area (Å²) in [7, 11) is 1.68. The van der Waals surface area contributed by atoms with E-state index in [9.17, 15) is 4.79 Å². The molecule has 0 aromatic carbocycles. The summed E-state index contributed by atoms with van der Waals surface area (Å²) in [5, 5.41) is 0. The SMILES string of the molecule is C.CN1C(=O)[C@@H](N)COc2cnccc21. The molecule has 0 saturated carbocycles. The van der Waals surface area contributed by atoms with Gasteiger partial charge in [0.05, 0.1) is 11.9 Å². The monoisotopic (exact) mass is 209 g/mol. The fourth-order valence-corrected chi connectivity index (χ4v) is 1.38. The Kier molecular flexibility index (Phi) is 3.26. The van der Waals surface area contributed by atoms with Crippen molar-refractivity contribution in [3.05, 3.63) is 18.5 Å². The van der Waals surface area contributed by atoms with Crippen molar-refractivity contribution in [1.29, 1.82) is 0 Å². The van der Waals surface area contributed by atoms with Gasteiger partial charge in [-0.3, -0.25) is 9.78 Å². The summed E-state index contributed by atoms with van der Waals surface area (Å²) in [6.07, 6.45) is 3.19. The maximum atomic E-state index is 11.6. The number of carbonyl (C=O) groups excluding carboxylic acids is 1. The molecule has 5 heteroatoms. The van der Waals surface area contributed by atoms with Crippen LogP contribution in [0.5, 0.6) is 5.75 Å². The van der Waals surface area contributed by atoms with Crippen molar-refractivity contribution in [2.45, 2.75) is 13.5 Å². The molecule has 0 unspecified atom stereocenters. The van der Waals surface area contributed by atoms with Gasteiger partial charge in [0, 0.05) is 13.2 Å². The molecule has 2 rings (SSSR count). The summed E-state index contributed by atoms with van der Waals surface area (Å²) in [6.45, 7) is 0.196. The van der Waals surface area contributed by atoms with Crippen molar-refractivity contribution in [1.82, 2.24) is 4.98 Å². The summed E-state index contributed by atoms with van der Waals surface area (Å²) in [4.78, 5) is 17.0. The molecule has 5 nitrogen and oxygen atoms in total. The van der Waals surface area contributed by atoms with Crippen LogP contribution in [0.25, 0.3) is 0 Å². The third kappa shape index (κ3) is 1.92. The fourth-order valence-electron chi connectivity index (χ4n) is 1.38. The first kappa shape index (κ1) is 11.5. The second kappa shape index (κ2) is 4.27. The average molecular weight is 209 g/mol. The molecule has 0 bridgehead atoms. The van der Waals surface area contributed by atoms with E-state index in [1.54, 1.807) is 25.5 Å². The zero-order valence-corrected chi connectivity index (χ0v) is 7.80. The van der Waals surface area contributed by atoms with Crippen LogP contribution in [0.2, 0.25) is 0 Å². The zero-order chi connectivity index (χ0) is 10.1. The number of fused-ring (bicyclic) bond motifs is 1. The lowest BCUT2D eigenvalue weighted by Crippen LogP contribution is -2.43. The lowest BCUT2D eigenvalue weighted by Gasteiger charge is -2.16. The van der Waals surface area contributed by atoms with E-state index in [2.05, 4.69) is 4.98 Å². The maximum absolute atomic E-state index is 11.6.